The number of piperidine rings is 1. The highest BCUT2D eigenvalue weighted by atomic mass is 16.1. The van der Waals surface area contributed by atoms with Gasteiger partial charge in [0.05, 0.1) is 0 Å². The molecular weight excluding hydrogens is 222 g/mol. The van der Waals surface area contributed by atoms with Crippen molar-refractivity contribution < 1.29 is 4.79 Å². The minimum absolute atomic E-state index is 0.425. The Bertz CT molecular complexity index is 441. The van der Waals surface area contributed by atoms with E-state index in [0.717, 1.165) is 38.9 Å². The van der Waals surface area contributed by atoms with Gasteiger partial charge in [-0.2, -0.15) is 0 Å². The Morgan fingerprint density at radius 1 is 1.00 bits per heavy atom. The molecule has 18 heavy (non-hydrogen) atoms. The first kappa shape index (κ1) is 13.3. The standard InChI is InChI=1S/C16H23NO/c1-12-10-14(3)15(11-13(12)2)4-7-17-8-5-16(18)6-9-17/h10-11H,4-9H2,1-3H3. The van der Waals surface area contributed by atoms with Gasteiger partial charge in [0.2, 0.25) is 0 Å². The van der Waals surface area contributed by atoms with E-state index < -0.39 is 0 Å². The van der Waals surface area contributed by atoms with Gasteiger partial charge in [-0.05, 0) is 49.4 Å². The van der Waals surface area contributed by atoms with Crippen molar-refractivity contribution in [2.24, 2.45) is 0 Å². The Morgan fingerprint density at radius 3 is 2.28 bits per heavy atom. The van der Waals surface area contributed by atoms with Crippen molar-refractivity contribution >= 4 is 5.78 Å². The van der Waals surface area contributed by atoms with Gasteiger partial charge >= 0.3 is 0 Å². The van der Waals surface area contributed by atoms with Gasteiger partial charge in [0.1, 0.15) is 5.78 Å². The van der Waals surface area contributed by atoms with Crippen LogP contribution >= 0.6 is 0 Å². The third kappa shape index (κ3) is 3.20. The van der Waals surface area contributed by atoms with E-state index in [4.69, 9.17) is 0 Å². The molecule has 1 fully saturated rings. The Balaban J connectivity index is 1.94. The maximum atomic E-state index is 11.2. The van der Waals surface area contributed by atoms with Gasteiger partial charge in [0.25, 0.3) is 0 Å². The van der Waals surface area contributed by atoms with Crippen molar-refractivity contribution in [1.82, 2.24) is 4.90 Å². The van der Waals surface area contributed by atoms with Gasteiger partial charge in [-0.1, -0.05) is 12.1 Å². The number of hydrogen-bond acceptors (Lipinski definition) is 2. The molecule has 1 aliphatic rings. The van der Waals surface area contributed by atoms with Gasteiger partial charge < -0.3 is 4.90 Å². The number of nitrogens with zero attached hydrogens (tertiary/aromatic N) is 1. The summed E-state index contributed by atoms with van der Waals surface area (Å²) in [6.07, 6.45) is 2.58. The van der Waals surface area contributed by atoms with E-state index >= 15 is 0 Å². The van der Waals surface area contributed by atoms with E-state index in [1.54, 1.807) is 0 Å². The highest BCUT2D eigenvalue weighted by Crippen LogP contribution is 2.16. The van der Waals surface area contributed by atoms with Crippen LogP contribution in [0.4, 0.5) is 0 Å². The smallest absolute Gasteiger partial charge is 0.135 e. The topological polar surface area (TPSA) is 20.3 Å². The Kier molecular flexibility index (Phi) is 4.18. The normalized spacial score (nSPS) is 17.2. The number of likely N-dealkylation sites (tertiary alicyclic amines) is 1. The Hall–Kier alpha value is -1.15. The second-order valence-electron chi connectivity index (χ2n) is 5.49. The van der Waals surface area contributed by atoms with E-state index in [2.05, 4.69) is 37.8 Å². The van der Waals surface area contributed by atoms with Gasteiger partial charge in [0, 0.05) is 32.5 Å². The molecule has 0 spiro atoms. The van der Waals surface area contributed by atoms with E-state index in [0.29, 0.717) is 5.78 Å². The summed E-state index contributed by atoms with van der Waals surface area (Å²) in [6, 6.07) is 4.60. The number of carbonyl (C=O) groups is 1. The molecule has 0 aromatic heterocycles. The fraction of sp³-hybridized carbons (Fsp3) is 0.562. The molecule has 2 rings (SSSR count). The number of Topliss-reactive ketones (excluding diaryl/α,β-unsaturated/α-hetero) is 1. The molecule has 0 aliphatic carbocycles. The zero-order valence-electron chi connectivity index (χ0n) is 11.8. The van der Waals surface area contributed by atoms with Gasteiger partial charge in [-0.25, -0.2) is 0 Å². The molecule has 2 nitrogen and oxygen atoms in total. The van der Waals surface area contributed by atoms with Crippen molar-refractivity contribution in [2.75, 3.05) is 19.6 Å². The van der Waals surface area contributed by atoms with Crippen molar-refractivity contribution in [3.63, 3.8) is 0 Å². The second-order valence-corrected chi connectivity index (χ2v) is 5.49. The number of aryl methyl sites for hydroxylation is 3. The lowest BCUT2D eigenvalue weighted by atomic mass is 9.98. The Labute approximate surface area is 110 Å². The first-order valence-corrected chi connectivity index (χ1v) is 6.87. The lowest BCUT2D eigenvalue weighted by Gasteiger charge is -2.26. The molecule has 0 radical (unpaired) electrons. The summed E-state index contributed by atoms with van der Waals surface area (Å²) >= 11 is 0. The predicted molar refractivity (Wildman–Crippen MR) is 75.0 cm³/mol. The monoisotopic (exact) mass is 245 g/mol. The Morgan fingerprint density at radius 2 is 1.61 bits per heavy atom. The molecule has 0 amide bonds. The molecule has 0 saturated carbocycles. The van der Waals surface area contributed by atoms with Crippen LogP contribution < -0.4 is 0 Å². The van der Waals surface area contributed by atoms with Crippen LogP contribution in [0.1, 0.15) is 35.1 Å². The molecule has 1 heterocycles. The SMILES string of the molecule is Cc1cc(C)c(CCN2CCC(=O)CC2)cc1C. The molecule has 1 aromatic carbocycles. The van der Waals surface area contributed by atoms with E-state index in [1.807, 2.05) is 0 Å². The minimum atomic E-state index is 0.425. The summed E-state index contributed by atoms with van der Waals surface area (Å²) in [5.41, 5.74) is 5.60. The molecular formula is C16H23NO. The quantitative estimate of drug-likeness (QED) is 0.816. The fourth-order valence-corrected chi connectivity index (χ4v) is 2.59. The number of benzene rings is 1. The van der Waals surface area contributed by atoms with Gasteiger partial charge in [-0.15, -0.1) is 0 Å². The number of hydrogen-bond donors (Lipinski definition) is 0. The second kappa shape index (κ2) is 5.66. The van der Waals surface area contributed by atoms with Crippen LogP contribution in [0.15, 0.2) is 12.1 Å². The molecule has 0 unspecified atom stereocenters. The molecule has 1 aliphatic heterocycles. The largest absolute Gasteiger partial charge is 0.302 e. The number of ketones is 1. The molecule has 0 atom stereocenters. The average Bonchev–Trinajstić information content (AvgIpc) is 2.34. The van der Waals surface area contributed by atoms with E-state index in [1.165, 1.54) is 22.3 Å². The first-order chi connectivity index (χ1) is 8.56. The number of carbonyl (C=O) groups excluding carboxylic acids is 1. The summed E-state index contributed by atoms with van der Waals surface area (Å²) in [5, 5.41) is 0. The fourth-order valence-electron chi connectivity index (χ4n) is 2.59. The van der Waals surface area contributed by atoms with Crippen LogP contribution in [0.25, 0.3) is 0 Å². The van der Waals surface area contributed by atoms with Gasteiger partial charge in [-0.3, -0.25) is 4.79 Å². The summed E-state index contributed by atoms with van der Waals surface area (Å²) in [6.45, 7) is 9.52. The predicted octanol–water partition coefficient (Wildman–Crippen LogP) is 2.82. The summed E-state index contributed by atoms with van der Waals surface area (Å²) < 4.78 is 0. The van der Waals surface area contributed by atoms with Crippen molar-refractivity contribution in [3.8, 4) is 0 Å². The molecule has 98 valence electrons. The van der Waals surface area contributed by atoms with Crippen LogP contribution in [-0.4, -0.2) is 30.3 Å². The van der Waals surface area contributed by atoms with Crippen molar-refractivity contribution in [1.29, 1.82) is 0 Å². The zero-order valence-corrected chi connectivity index (χ0v) is 11.8. The molecule has 1 saturated heterocycles. The molecule has 1 aromatic rings. The van der Waals surface area contributed by atoms with E-state index in [9.17, 15) is 4.79 Å². The van der Waals surface area contributed by atoms with Crippen LogP contribution in [0.3, 0.4) is 0 Å². The van der Waals surface area contributed by atoms with Crippen LogP contribution in [0, 0.1) is 20.8 Å². The van der Waals surface area contributed by atoms with Crippen LogP contribution in [-0.2, 0) is 11.2 Å². The molecule has 0 bridgehead atoms. The van der Waals surface area contributed by atoms with Gasteiger partial charge in [0.15, 0.2) is 0 Å². The minimum Gasteiger partial charge on any atom is -0.302 e. The zero-order chi connectivity index (χ0) is 13.1. The maximum absolute atomic E-state index is 11.2. The van der Waals surface area contributed by atoms with Crippen LogP contribution in [0.5, 0.6) is 0 Å². The summed E-state index contributed by atoms with van der Waals surface area (Å²) in [4.78, 5) is 13.6. The highest BCUT2D eigenvalue weighted by Gasteiger charge is 2.15. The van der Waals surface area contributed by atoms with Crippen molar-refractivity contribution in [2.45, 2.75) is 40.0 Å². The summed E-state index contributed by atoms with van der Waals surface area (Å²) in [7, 11) is 0. The molecule has 0 N–H and O–H groups in total. The summed E-state index contributed by atoms with van der Waals surface area (Å²) in [5.74, 6) is 0.425. The van der Waals surface area contributed by atoms with Crippen molar-refractivity contribution in [3.05, 3.63) is 34.4 Å². The van der Waals surface area contributed by atoms with Crippen LogP contribution in [0.2, 0.25) is 0 Å². The lowest BCUT2D eigenvalue weighted by Crippen LogP contribution is -2.35. The lowest BCUT2D eigenvalue weighted by molar-refractivity contribution is -0.121. The first-order valence-electron chi connectivity index (χ1n) is 6.87. The third-order valence-electron chi connectivity index (χ3n) is 4.06. The average molecular weight is 245 g/mol. The molecule has 2 heteroatoms. The maximum Gasteiger partial charge on any atom is 0.135 e. The highest BCUT2D eigenvalue weighted by molar-refractivity contribution is 5.79. The number of rotatable bonds is 3. The van der Waals surface area contributed by atoms with E-state index in [-0.39, 0.29) is 0 Å². The third-order valence-corrected chi connectivity index (χ3v) is 4.06.